The molecule has 0 heterocycles. The molecule has 0 saturated carbocycles. The highest BCUT2D eigenvalue weighted by atomic mass is 16.5. The molecule has 3 aromatic rings. The van der Waals surface area contributed by atoms with Crippen LogP contribution in [0.1, 0.15) is 46.5 Å². The largest absolute Gasteiger partial charge is 0.484 e. The number of aryl methyl sites for hydroxylation is 4. The molecule has 32 heavy (non-hydrogen) atoms. The zero-order valence-electron chi connectivity index (χ0n) is 19.1. The SMILES string of the molecule is CCc1cccc(CC)c1NC(=O)c1ccc(OCC(=O)Nc2cc(C)ccc2C)cc1. The predicted molar refractivity (Wildman–Crippen MR) is 130 cm³/mol. The number of carbonyl (C=O) groups excluding carboxylic acids is 2. The number of anilines is 2. The second-order valence-corrected chi connectivity index (χ2v) is 7.79. The van der Waals surface area contributed by atoms with E-state index in [2.05, 4.69) is 24.5 Å². The van der Waals surface area contributed by atoms with Gasteiger partial charge in [-0.1, -0.05) is 44.2 Å². The van der Waals surface area contributed by atoms with Gasteiger partial charge in [-0.3, -0.25) is 9.59 Å². The zero-order chi connectivity index (χ0) is 23.1. The first-order valence-corrected chi connectivity index (χ1v) is 10.9. The number of rotatable bonds is 8. The maximum atomic E-state index is 12.8. The summed E-state index contributed by atoms with van der Waals surface area (Å²) in [6.45, 7) is 7.97. The van der Waals surface area contributed by atoms with E-state index in [0.717, 1.165) is 46.5 Å². The third-order valence-corrected chi connectivity index (χ3v) is 5.39. The summed E-state index contributed by atoms with van der Waals surface area (Å²) in [5, 5.41) is 5.93. The van der Waals surface area contributed by atoms with Crippen LogP contribution >= 0.6 is 0 Å². The Kier molecular flexibility index (Phi) is 7.66. The number of hydrogen-bond donors (Lipinski definition) is 2. The average molecular weight is 431 g/mol. The van der Waals surface area contributed by atoms with E-state index in [1.54, 1.807) is 24.3 Å². The molecule has 0 unspecified atom stereocenters. The van der Waals surface area contributed by atoms with Crippen molar-refractivity contribution in [3.05, 3.63) is 88.5 Å². The van der Waals surface area contributed by atoms with Crippen molar-refractivity contribution in [1.29, 1.82) is 0 Å². The second kappa shape index (κ2) is 10.6. The van der Waals surface area contributed by atoms with Gasteiger partial charge in [-0.05, 0) is 79.3 Å². The Balaban J connectivity index is 1.60. The second-order valence-electron chi connectivity index (χ2n) is 7.79. The molecule has 0 aliphatic heterocycles. The fraction of sp³-hybridized carbons (Fsp3) is 0.259. The minimum atomic E-state index is -0.233. The molecule has 0 bridgehead atoms. The maximum absolute atomic E-state index is 12.8. The van der Waals surface area contributed by atoms with Crippen molar-refractivity contribution >= 4 is 23.2 Å². The Bertz CT molecular complexity index is 1080. The van der Waals surface area contributed by atoms with Gasteiger partial charge in [-0.2, -0.15) is 0 Å². The number of benzene rings is 3. The Morgan fingerprint density at radius 3 is 2.12 bits per heavy atom. The van der Waals surface area contributed by atoms with E-state index in [1.807, 2.05) is 50.2 Å². The lowest BCUT2D eigenvalue weighted by Crippen LogP contribution is -2.20. The summed E-state index contributed by atoms with van der Waals surface area (Å²) in [7, 11) is 0. The molecular weight excluding hydrogens is 400 g/mol. The lowest BCUT2D eigenvalue weighted by atomic mass is 10.0. The van der Waals surface area contributed by atoms with Gasteiger partial charge in [-0.25, -0.2) is 0 Å². The fourth-order valence-corrected chi connectivity index (χ4v) is 3.50. The molecule has 166 valence electrons. The molecule has 3 aromatic carbocycles. The van der Waals surface area contributed by atoms with E-state index < -0.39 is 0 Å². The molecule has 0 aromatic heterocycles. The smallest absolute Gasteiger partial charge is 0.262 e. The first kappa shape index (κ1) is 23.1. The zero-order valence-corrected chi connectivity index (χ0v) is 19.1. The summed E-state index contributed by atoms with van der Waals surface area (Å²) in [5.41, 5.74) is 6.52. The molecule has 5 heteroatoms. The highest BCUT2D eigenvalue weighted by Gasteiger charge is 2.12. The van der Waals surface area contributed by atoms with Crippen LogP contribution in [0.3, 0.4) is 0 Å². The Labute approximate surface area is 189 Å². The summed E-state index contributed by atoms with van der Waals surface area (Å²) in [6, 6.07) is 18.8. The molecule has 3 rings (SSSR count). The number of amides is 2. The standard InChI is InChI=1S/C27H30N2O3/c1-5-20-8-7-9-21(6-2)26(20)29-27(31)22-12-14-23(15-13-22)32-17-25(30)28-24-16-18(3)10-11-19(24)4/h7-16H,5-6,17H2,1-4H3,(H,28,30)(H,29,31). The van der Waals surface area contributed by atoms with Crippen LogP contribution in [0, 0.1) is 13.8 Å². The van der Waals surface area contributed by atoms with Crippen LogP contribution in [0.2, 0.25) is 0 Å². The van der Waals surface area contributed by atoms with Gasteiger partial charge in [-0.15, -0.1) is 0 Å². The molecule has 0 fully saturated rings. The average Bonchev–Trinajstić information content (AvgIpc) is 2.80. The fourth-order valence-electron chi connectivity index (χ4n) is 3.50. The topological polar surface area (TPSA) is 67.4 Å². The molecule has 2 N–H and O–H groups in total. The maximum Gasteiger partial charge on any atom is 0.262 e. The van der Waals surface area contributed by atoms with Gasteiger partial charge in [0.1, 0.15) is 5.75 Å². The lowest BCUT2D eigenvalue weighted by molar-refractivity contribution is -0.118. The third kappa shape index (κ3) is 5.76. The van der Waals surface area contributed by atoms with Gasteiger partial charge >= 0.3 is 0 Å². The van der Waals surface area contributed by atoms with E-state index in [1.165, 1.54) is 0 Å². The summed E-state index contributed by atoms with van der Waals surface area (Å²) in [6.07, 6.45) is 1.70. The van der Waals surface area contributed by atoms with Crippen LogP contribution in [0.25, 0.3) is 0 Å². The molecule has 0 radical (unpaired) electrons. The summed E-state index contributed by atoms with van der Waals surface area (Å²) >= 11 is 0. The molecule has 0 saturated heterocycles. The van der Waals surface area contributed by atoms with Crippen LogP contribution < -0.4 is 15.4 Å². The molecule has 0 atom stereocenters. The van der Waals surface area contributed by atoms with Gasteiger partial charge in [0, 0.05) is 16.9 Å². The minimum Gasteiger partial charge on any atom is -0.484 e. The number of hydrogen-bond acceptors (Lipinski definition) is 3. The van der Waals surface area contributed by atoms with Gasteiger partial charge < -0.3 is 15.4 Å². The van der Waals surface area contributed by atoms with Crippen molar-refractivity contribution in [3.8, 4) is 5.75 Å². The van der Waals surface area contributed by atoms with Crippen molar-refractivity contribution in [1.82, 2.24) is 0 Å². The van der Waals surface area contributed by atoms with E-state index in [9.17, 15) is 9.59 Å². The molecular formula is C27H30N2O3. The minimum absolute atomic E-state index is 0.108. The van der Waals surface area contributed by atoms with Gasteiger partial charge in [0.05, 0.1) is 0 Å². The van der Waals surface area contributed by atoms with Crippen molar-refractivity contribution in [2.24, 2.45) is 0 Å². The van der Waals surface area contributed by atoms with Gasteiger partial charge in [0.2, 0.25) is 0 Å². The summed E-state index contributed by atoms with van der Waals surface area (Å²) in [4.78, 5) is 25.0. The number of para-hydroxylation sites is 1. The summed E-state index contributed by atoms with van der Waals surface area (Å²) in [5.74, 6) is 0.129. The molecule has 0 aliphatic rings. The summed E-state index contributed by atoms with van der Waals surface area (Å²) < 4.78 is 5.59. The van der Waals surface area contributed by atoms with Crippen LogP contribution in [0.4, 0.5) is 11.4 Å². The van der Waals surface area contributed by atoms with Crippen LogP contribution in [0.5, 0.6) is 5.75 Å². The molecule has 5 nitrogen and oxygen atoms in total. The first-order valence-electron chi connectivity index (χ1n) is 10.9. The lowest BCUT2D eigenvalue weighted by Gasteiger charge is -2.14. The molecule has 2 amide bonds. The first-order chi connectivity index (χ1) is 15.4. The van der Waals surface area contributed by atoms with Crippen molar-refractivity contribution in [3.63, 3.8) is 0 Å². The van der Waals surface area contributed by atoms with Crippen molar-refractivity contribution in [2.45, 2.75) is 40.5 Å². The van der Waals surface area contributed by atoms with Crippen molar-refractivity contribution < 1.29 is 14.3 Å². The number of nitrogens with one attached hydrogen (secondary N) is 2. The molecule has 0 aliphatic carbocycles. The van der Waals surface area contributed by atoms with Crippen LogP contribution in [-0.4, -0.2) is 18.4 Å². The highest BCUT2D eigenvalue weighted by molar-refractivity contribution is 6.05. The van der Waals surface area contributed by atoms with Crippen LogP contribution in [0.15, 0.2) is 60.7 Å². The van der Waals surface area contributed by atoms with Crippen LogP contribution in [-0.2, 0) is 17.6 Å². The normalized spacial score (nSPS) is 10.5. The van der Waals surface area contributed by atoms with E-state index in [-0.39, 0.29) is 18.4 Å². The quantitative estimate of drug-likeness (QED) is 0.482. The Morgan fingerprint density at radius 2 is 1.50 bits per heavy atom. The Morgan fingerprint density at radius 1 is 0.844 bits per heavy atom. The number of ether oxygens (including phenoxy) is 1. The third-order valence-electron chi connectivity index (χ3n) is 5.39. The van der Waals surface area contributed by atoms with Crippen molar-refractivity contribution in [2.75, 3.05) is 17.2 Å². The van der Waals surface area contributed by atoms with Gasteiger partial charge in [0.25, 0.3) is 11.8 Å². The highest BCUT2D eigenvalue weighted by Crippen LogP contribution is 2.24. The molecule has 0 spiro atoms. The van der Waals surface area contributed by atoms with Gasteiger partial charge in [0.15, 0.2) is 6.61 Å². The van der Waals surface area contributed by atoms with E-state index in [0.29, 0.717) is 11.3 Å². The monoisotopic (exact) mass is 430 g/mol. The number of carbonyl (C=O) groups is 2. The predicted octanol–water partition coefficient (Wildman–Crippen LogP) is 5.70. The van der Waals surface area contributed by atoms with E-state index in [4.69, 9.17) is 4.74 Å². The van der Waals surface area contributed by atoms with E-state index >= 15 is 0 Å². The Hall–Kier alpha value is -3.60.